The Hall–Kier alpha value is -1.43. The van der Waals surface area contributed by atoms with E-state index in [1.54, 1.807) is 0 Å². The predicted octanol–water partition coefficient (Wildman–Crippen LogP) is -1.63. The number of carbonyl (C=O) groups excluding carboxylic acids is 3. The zero-order valence-electron chi connectivity index (χ0n) is 8.15. The smallest absolute Gasteiger partial charge is 0.307 e. The van der Waals surface area contributed by atoms with Crippen LogP contribution in [0.3, 0.4) is 0 Å². The van der Waals surface area contributed by atoms with Gasteiger partial charge in [0.2, 0.25) is 5.91 Å². The number of carbonyl (C=O) groups is 3. The first-order valence-electron chi connectivity index (χ1n) is 4.60. The maximum absolute atomic E-state index is 11.5. The summed E-state index contributed by atoms with van der Waals surface area (Å²) in [7, 11) is 0. The van der Waals surface area contributed by atoms with Gasteiger partial charge in [0.05, 0.1) is 18.9 Å². The molecule has 0 saturated carbocycles. The third kappa shape index (κ3) is 0.995. The standard InChI is InChI=1S/C9H11NO5/c1-8-5(2-6(13)15-8)7(14)10-9(8,3-11)4-12/h3,5,12H,2,4H2,1H3,(H,10,14). The summed E-state index contributed by atoms with van der Waals surface area (Å²) in [4.78, 5) is 33.6. The van der Waals surface area contributed by atoms with Crippen molar-refractivity contribution < 1.29 is 24.2 Å². The van der Waals surface area contributed by atoms with Crippen molar-refractivity contribution in [3.8, 4) is 0 Å². The maximum atomic E-state index is 11.5. The topological polar surface area (TPSA) is 92.7 Å². The highest BCUT2D eigenvalue weighted by Crippen LogP contribution is 2.44. The second-order valence-corrected chi connectivity index (χ2v) is 4.07. The number of aldehydes is 1. The molecule has 0 aromatic heterocycles. The Morgan fingerprint density at radius 2 is 2.33 bits per heavy atom. The van der Waals surface area contributed by atoms with Gasteiger partial charge in [-0.2, -0.15) is 0 Å². The van der Waals surface area contributed by atoms with Crippen molar-refractivity contribution in [2.45, 2.75) is 24.5 Å². The number of fused-ring (bicyclic) bond motifs is 1. The van der Waals surface area contributed by atoms with E-state index in [-0.39, 0.29) is 6.42 Å². The second-order valence-electron chi connectivity index (χ2n) is 4.07. The van der Waals surface area contributed by atoms with E-state index >= 15 is 0 Å². The van der Waals surface area contributed by atoms with Crippen LogP contribution >= 0.6 is 0 Å². The Morgan fingerprint density at radius 3 is 2.87 bits per heavy atom. The Kier molecular flexibility index (Phi) is 1.88. The van der Waals surface area contributed by atoms with E-state index in [0.29, 0.717) is 6.29 Å². The number of aliphatic hydroxyl groups excluding tert-OH is 1. The minimum Gasteiger partial charge on any atom is -0.455 e. The van der Waals surface area contributed by atoms with Gasteiger partial charge < -0.3 is 20.0 Å². The van der Waals surface area contributed by atoms with E-state index in [9.17, 15) is 19.5 Å². The summed E-state index contributed by atoms with van der Waals surface area (Å²) < 4.78 is 5.03. The summed E-state index contributed by atoms with van der Waals surface area (Å²) in [6, 6.07) is 0. The van der Waals surface area contributed by atoms with Crippen LogP contribution in [0.5, 0.6) is 0 Å². The molecule has 0 aromatic carbocycles. The lowest BCUT2D eigenvalue weighted by atomic mass is 9.78. The van der Waals surface area contributed by atoms with Crippen LogP contribution in [0.1, 0.15) is 13.3 Å². The monoisotopic (exact) mass is 213 g/mol. The molecule has 15 heavy (non-hydrogen) atoms. The maximum Gasteiger partial charge on any atom is 0.307 e. The van der Waals surface area contributed by atoms with E-state index < -0.39 is 35.5 Å². The van der Waals surface area contributed by atoms with Crippen LogP contribution in [-0.4, -0.2) is 41.0 Å². The van der Waals surface area contributed by atoms with E-state index in [1.165, 1.54) is 6.92 Å². The Labute approximate surface area is 85.6 Å². The van der Waals surface area contributed by atoms with Gasteiger partial charge in [0.1, 0.15) is 0 Å². The number of ether oxygens (including phenoxy) is 1. The molecule has 2 rings (SSSR count). The summed E-state index contributed by atoms with van der Waals surface area (Å²) >= 11 is 0. The third-order valence-electron chi connectivity index (χ3n) is 3.36. The zero-order valence-corrected chi connectivity index (χ0v) is 8.15. The van der Waals surface area contributed by atoms with Crippen LogP contribution in [0, 0.1) is 5.92 Å². The summed E-state index contributed by atoms with van der Waals surface area (Å²) in [5.41, 5.74) is -2.77. The fourth-order valence-electron chi connectivity index (χ4n) is 2.27. The summed E-state index contributed by atoms with van der Waals surface area (Å²) in [5.74, 6) is -1.64. The average Bonchev–Trinajstić information content (AvgIpc) is 2.59. The molecule has 2 saturated heterocycles. The van der Waals surface area contributed by atoms with Crippen LogP contribution in [0.4, 0.5) is 0 Å². The molecule has 2 aliphatic rings. The van der Waals surface area contributed by atoms with Gasteiger partial charge in [0, 0.05) is 0 Å². The number of nitrogens with one attached hydrogen (secondary N) is 1. The number of esters is 1. The van der Waals surface area contributed by atoms with Crippen LogP contribution < -0.4 is 5.32 Å². The van der Waals surface area contributed by atoms with Crippen LogP contribution in [-0.2, 0) is 19.1 Å². The van der Waals surface area contributed by atoms with Crippen molar-refractivity contribution in [2.75, 3.05) is 6.61 Å². The molecule has 0 radical (unpaired) electrons. The van der Waals surface area contributed by atoms with Crippen molar-refractivity contribution in [1.82, 2.24) is 5.32 Å². The van der Waals surface area contributed by atoms with E-state index in [1.807, 2.05) is 0 Å². The molecule has 1 amide bonds. The minimum absolute atomic E-state index is 0.0437. The zero-order chi connectivity index (χ0) is 11.3. The first kappa shape index (κ1) is 10.1. The summed E-state index contributed by atoms with van der Waals surface area (Å²) in [5, 5.41) is 11.6. The number of amides is 1. The lowest BCUT2D eigenvalue weighted by Crippen LogP contribution is -2.60. The number of aliphatic hydroxyl groups is 1. The first-order valence-corrected chi connectivity index (χ1v) is 4.60. The molecule has 2 fully saturated rings. The molecule has 2 aliphatic heterocycles. The largest absolute Gasteiger partial charge is 0.455 e. The van der Waals surface area contributed by atoms with Crippen LogP contribution in [0.15, 0.2) is 0 Å². The molecule has 0 bridgehead atoms. The molecule has 0 aromatic rings. The van der Waals surface area contributed by atoms with E-state index in [2.05, 4.69) is 5.32 Å². The van der Waals surface area contributed by atoms with Crippen molar-refractivity contribution in [3.63, 3.8) is 0 Å². The highest BCUT2D eigenvalue weighted by Gasteiger charge is 2.68. The SMILES string of the molecule is CC12OC(=O)CC1C(=O)NC2(C=O)CO. The van der Waals surface area contributed by atoms with Gasteiger partial charge in [-0.05, 0) is 6.92 Å². The average molecular weight is 213 g/mol. The Morgan fingerprint density at radius 1 is 1.67 bits per heavy atom. The molecule has 3 unspecified atom stereocenters. The third-order valence-corrected chi connectivity index (χ3v) is 3.36. The van der Waals surface area contributed by atoms with Crippen molar-refractivity contribution in [3.05, 3.63) is 0 Å². The van der Waals surface area contributed by atoms with Gasteiger partial charge in [-0.1, -0.05) is 0 Å². The minimum atomic E-state index is -1.50. The van der Waals surface area contributed by atoms with Gasteiger partial charge in [-0.25, -0.2) is 0 Å². The Bertz CT molecular complexity index is 354. The predicted molar refractivity (Wildman–Crippen MR) is 46.6 cm³/mol. The van der Waals surface area contributed by atoms with Crippen molar-refractivity contribution in [2.24, 2.45) is 5.92 Å². The van der Waals surface area contributed by atoms with Gasteiger partial charge in [0.15, 0.2) is 17.4 Å². The molecule has 6 nitrogen and oxygen atoms in total. The molecule has 0 aliphatic carbocycles. The quantitative estimate of drug-likeness (QED) is 0.424. The van der Waals surface area contributed by atoms with Crippen molar-refractivity contribution >= 4 is 18.2 Å². The first-order chi connectivity index (χ1) is 6.99. The van der Waals surface area contributed by atoms with E-state index in [4.69, 9.17) is 4.74 Å². The highest BCUT2D eigenvalue weighted by atomic mass is 16.6. The van der Waals surface area contributed by atoms with E-state index in [0.717, 1.165) is 0 Å². The number of hydrogen-bond acceptors (Lipinski definition) is 5. The normalized spacial score (nSPS) is 43.5. The summed E-state index contributed by atoms with van der Waals surface area (Å²) in [6.45, 7) is 0.910. The highest BCUT2D eigenvalue weighted by molar-refractivity contribution is 5.96. The molecule has 3 atom stereocenters. The number of rotatable bonds is 2. The lowest BCUT2D eigenvalue weighted by molar-refractivity contribution is -0.156. The van der Waals surface area contributed by atoms with Crippen LogP contribution in [0.2, 0.25) is 0 Å². The Balaban J connectivity index is 2.49. The molecule has 2 heterocycles. The fraction of sp³-hybridized carbons (Fsp3) is 0.667. The van der Waals surface area contributed by atoms with Gasteiger partial charge in [-0.15, -0.1) is 0 Å². The number of hydrogen-bond donors (Lipinski definition) is 2. The molecular weight excluding hydrogens is 202 g/mol. The van der Waals surface area contributed by atoms with Gasteiger partial charge in [-0.3, -0.25) is 9.59 Å². The van der Waals surface area contributed by atoms with Gasteiger partial charge in [0.25, 0.3) is 0 Å². The molecule has 82 valence electrons. The lowest BCUT2D eigenvalue weighted by Gasteiger charge is -2.34. The van der Waals surface area contributed by atoms with Gasteiger partial charge >= 0.3 is 5.97 Å². The fourth-order valence-corrected chi connectivity index (χ4v) is 2.27. The molecular formula is C9H11NO5. The molecule has 2 N–H and O–H groups in total. The summed E-state index contributed by atoms with van der Waals surface area (Å²) in [6.07, 6.45) is 0.390. The second kappa shape index (κ2) is 2.79. The molecule has 0 spiro atoms. The molecule has 6 heteroatoms. The van der Waals surface area contributed by atoms with Crippen molar-refractivity contribution in [1.29, 1.82) is 0 Å². The van der Waals surface area contributed by atoms with Crippen LogP contribution in [0.25, 0.3) is 0 Å².